The molecule has 0 saturated heterocycles. The summed E-state index contributed by atoms with van der Waals surface area (Å²) in [7, 11) is 0. The van der Waals surface area contributed by atoms with Crippen LogP contribution in [0.4, 0.5) is 0 Å². The molecule has 3 heteroatoms. The summed E-state index contributed by atoms with van der Waals surface area (Å²) < 4.78 is 5.33. The fourth-order valence-corrected chi connectivity index (χ4v) is 1.16. The minimum absolute atomic E-state index is 0.414. The summed E-state index contributed by atoms with van der Waals surface area (Å²) in [4.78, 5) is 0. The van der Waals surface area contributed by atoms with Crippen LogP contribution in [0.1, 0.15) is 26.2 Å². The first-order valence-electron chi connectivity index (χ1n) is 4.36. The lowest BCUT2D eigenvalue weighted by atomic mass is 10.1. The molecule has 0 unspecified atom stereocenters. The van der Waals surface area contributed by atoms with Gasteiger partial charge in [-0.15, -0.1) is 0 Å². The Morgan fingerprint density at radius 1 is 1.67 bits per heavy atom. The third-order valence-electron chi connectivity index (χ3n) is 2.51. The summed E-state index contributed by atoms with van der Waals surface area (Å²) in [6.07, 6.45) is 6.67. The molecule has 0 spiro atoms. The van der Waals surface area contributed by atoms with Gasteiger partial charge in [-0.25, -0.2) is 0 Å². The topological polar surface area (TPSA) is 60.8 Å². The zero-order valence-corrected chi connectivity index (χ0v) is 7.55. The number of hydrogen-bond donors (Lipinski definition) is 2. The predicted molar refractivity (Wildman–Crippen MR) is 48.2 cm³/mol. The lowest BCUT2D eigenvalue weighted by molar-refractivity contribution is -0.104. The molecule has 0 atom stereocenters. The quantitative estimate of drug-likeness (QED) is 0.443. The summed E-state index contributed by atoms with van der Waals surface area (Å²) in [6, 6.07) is 0. The van der Waals surface area contributed by atoms with E-state index in [2.05, 4.69) is 6.92 Å². The summed E-state index contributed by atoms with van der Waals surface area (Å²) in [5.41, 5.74) is 5.93. The van der Waals surface area contributed by atoms with Crippen LogP contribution in [0.3, 0.4) is 0 Å². The molecule has 1 aliphatic rings. The number of ether oxygens (including phenoxy) is 1. The van der Waals surface area contributed by atoms with Gasteiger partial charge in [-0.1, -0.05) is 6.92 Å². The van der Waals surface area contributed by atoms with Crippen molar-refractivity contribution in [1.82, 2.24) is 0 Å². The average molecular weight is 169 g/mol. The zero-order chi connectivity index (χ0) is 9.03. The molecule has 0 heterocycles. The SMILES string of the molecule is CCC1(COC(N)=CC=[NH2+])CC1. The second-order valence-electron chi connectivity index (χ2n) is 3.40. The first-order chi connectivity index (χ1) is 5.72. The molecule has 0 bridgehead atoms. The lowest BCUT2D eigenvalue weighted by Crippen LogP contribution is -2.29. The summed E-state index contributed by atoms with van der Waals surface area (Å²) in [5.74, 6) is 0.414. The van der Waals surface area contributed by atoms with Crippen molar-refractivity contribution in [2.45, 2.75) is 26.2 Å². The van der Waals surface area contributed by atoms with E-state index in [1.165, 1.54) is 25.5 Å². The molecule has 0 radical (unpaired) electrons. The van der Waals surface area contributed by atoms with Crippen molar-refractivity contribution >= 4 is 6.21 Å². The van der Waals surface area contributed by atoms with Crippen molar-refractivity contribution in [1.29, 1.82) is 0 Å². The molecule has 0 amide bonds. The molecule has 1 rings (SSSR count). The van der Waals surface area contributed by atoms with Crippen LogP contribution >= 0.6 is 0 Å². The van der Waals surface area contributed by atoms with Gasteiger partial charge < -0.3 is 10.5 Å². The van der Waals surface area contributed by atoms with Crippen molar-refractivity contribution in [3.05, 3.63) is 12.0 Å². The van der Waals surface area contributed by atoms with E-state index in [1.54, 1.807) is 6.08 Å². The van der Waals surface area contributed by atoms with E-state index in [9.17, 15) is 0 Å². The molecule has 12 heavy (non-hydrogen) atoms. The molecule has 68 valence electrons. The zero-order valence-electron chi connectivity index (χ0n) is 7.55. The van der Waals surface area contributed by atoms with Gasteiger partial charge in [0.15, 0.2) is 12.1 Å². The van der Waals surface area contributed by atoms with Crippen LogP contribution in [-0.2, 0) is 4.74 Å². The van der Waals surface area contributed by atoms with Gasteiger partial charge in [0.1, 0.15) is 0 Å². The Morgan fingerprint density at radius 3 is 2.75 bits per heavy atom. The van der Waals surface area contributed by atoms with Crippen LogP contribution in [0.25, 0.3) is 0 Å². The van der Waals surface area contributed by atoms with Gasteiger partial charge in [0.25, 0.3) is 0 Å². The van der Waals surface area contributed by atoms with Crippen LogP contribution in [0, 0.1) is 5.41 Å². The minimum atomic E-state index is 0.414. The Hall–Kier alpha value is -0.990. The van der Waals surface area contributed by atoms with Crippen LogP contribution < -0.4 is 11.1 Å². The van der Waals surface area contributed by atoms with E-state index in [4.69, 9.17) is 15.9 Å². The highest BCUT2D eigenvalue weighted by Crippen LogP contribution is 2.48. The number of hydrogen-bond acceptors (Lipinski definition) is 2. The van der Waals surface area contributed by atoms with Crippen molar-refractivity contribution in [2.75, 3.05) is 6.61 Å². The molecule has 0 aromatic rings. The van der Waals surface area contributed by atoms with Crippen molar-refractivity contribution in [2.24, 2.45) is 11.1 Å². The van der Waals surface area contributed by atoms with Crippen LogP contribution in [-0.4, -0.2) is 12.8 Å². The summed E-state index contributed by atoms with van der Waals surface area (Å²) >= 11 is 0. The molecule has 3 nitrogen and oxygen atoms in total. The van der Waals surface area contributed by atoms with Gasteiger partial charge >= 0.3 is 0 Å². The van der Waals surface area contributed by atoms with E-state index in [0.29, 0.717) is 11.3 Å². The normalized spacial score (nSPS) is 20.2. The van der Waals surface area contributed by atoms with E-state index >= 15 is 0 Å². The minimum Gasteiger partial charge on any atom is -0.479 e. The molecule has 1 aliphatic carbocycles. The van der Waals surface area contributed by atoms with Crippen LogP contribution in [0.2, 0.25) is 0 Å². The average Bonchev–Trinajstić information content (AvgIpc) is 2.82. The van der Waals surface area contributed by atoms with Gasteiger partial charge in [-0.2, -0.15) is 0 Å². The van der Waals surface area contributed by atoms with Crippen molar-refractivity contribution in [3.63, 3.8) is 0 Å². The van der Waals surface area contributed by atoms with Crippen LogP contribution in [0.5, 0.6) is 0 Å². The number of nitrogens with two attached hydrogens (primary N) is 2. The Bertz CT molecular complexity index is 195. The fraction of sp³-hybridized carbons (Fsp3) is 0.667. The van der Waals surface area contributed by atoms with Gasteiger partial charge in [0.05, 0.1) is 12.7 Å². The van der Waals surface area contributed by atoms with Crippen molar-refractivity contribution < 1.29 is 10.1 Å². The monoisotopic (exact) mass is 169 g/mol. The summed E-state index contributed by atoms with van der Waals surface area (Å²) in [5, 5.41) is 5.16. The van der Waals surface area contributed by atoms with E-state index < -0.39 is 0 Å². The predicted octanol–water partition coefficient (Wildman–Crippen LogP) is -0.177. The van der Waals surface area contributed by atoms with E-state index in [1.807, 2.05) is 0 Å². The van der Waals surface area contributed by atoms with E-state index in [-0.39, 0.29) is 0 Å². The highest BCUT2D eigenvalue weighted by molar-refractivity contribution is 5.65. The molecule has 1 saturated carbocycles. The molecule has 0 aliphatic heterocycles. The maximum absolute atomic E-state index is 5.50. The third kappa shape index (κ3) is 2.26. The molecule has 0 aromatic heterocycles. The lowest BCUT2D eigenvalue weighted by Gasteiger charge is -2.12. The van der Waals surface area contributed by atoms with Gasteiger partial charge in [0, 0.05) is 5.41 Å². The molecule has 1 fully saturated rings. The third-order valence-corrected chi connectivity index (χ3v) is 2.51. The second kappa shape index (κ2) is 3.61. The second-order valence-corrected chi connectivity index (χ2v) is 3.40. The Morgan fingerprint density at radius 2 is 2.33 bits per heavy atom. The number of allylic oxidation sites excluding steroid dienone is 1. The standard InChI is InChI=1S/C9H16N2O/c1-2-9(4-5-9)7-12-8(11)3-6-10/h3,6,10H,2,4-5,7,11H2,1H3/p+1. The Labute approximate surface area is 73.1 Å². The van der Waals surface area contributed by atoms with Gasteiger partial charge in [0.2, 0.25) is 0 Å². The van der Waals surface area contributed by atoms with Crippen LogP contribution in [0.15, 0.2) is 12.0 Å². The first kappa shape index (κ1) is 9.10. The van der Waals surface area contributed by atoms with Gasteiger partial charge in [-0.3, -0.25) is 5.41 Å². The maximum Gasteiger partial charge on any atom is 0.189 e. The van der Waals surface area contributed by atoms with Gasteiger partial charge in [-0.05, 0) is 19.3 Å². The van der Waals surface area contributed by atoms with Crippen molar-refractivity contribution in [3.8, 4) is 0 Å². The van der Waals surface area contributed by atoms with E-state index in [0.717, 1.165) is 6.61 Å². The number of rotatable bonds is 5. The molecular weight excluding hydrogens is 152 g/mol. The smallest absolute Gasteiger partial charge is 0.189 e. The molecular formula is C9H17N2O+. The first-order valence-corrected chi connectivity index (χ1v) is 4.36. The Balaban J connectivity index is 2.25. The fourth-order valence-electron chi connectivity index (χ4n) is 1.16. The highest BCUT2D eigenvalue weighted by Gasteiger charge is 2.41. The summed E-state index contributed by atoms with van der Waals surface area (Å²) in [6.45, 7) is 2.92. The molecule has 0 aromatic carbocycles. The largest absolute Gasteiger partial charge is 0.479 e. The maximum atomic E-state index is 5.50. The Kier molecular flexibility index (Phi) is 2.74. The molecule has 4 N–H and O–H groups in total. The highest BCUT2D eigenvalue weighted by atomic mass is 16.5.